The van der Waals surface area contributed by atoms with Crippen LogP contribution in [-0.2, 0) is 64.9 Å². The van der Waals surface area contributed by atoms with Crippen LogP contribution in [0.2, 0.25) is 0 Å². The minimum atomic E-state index is -3.11. The Morgan fingerprint density at radius 3 is 0.700 bits per heavy atom. The topological polar surface area (TPSA) is 126 Å². The van der Waals surface area contributed by atoms with Crippen molar-refractivity contribution in [2.75, 3.05) is 0 Å². The Balaban J connectivity index is -0.0000000300. The Morgan fingerprint density at radius 2 is 0.700 bits per heavy atom. The van der Waals surface area contributed by atoms with Crippen LogP contribution < -0.4 is 0 Å². The van der Waals surface area contributed by atoms with Gasteiger partial charge in [0.1, 0.15) is 0 Å². The average molecular weight is 550 g/mol. The molecule has 0 aromatic heterocycles. The summed E-state index contributed by atoms with van der Waals surface area (Å²) in [5.74, 6) is 0. The first-order chi connectivity index (χ1) is 3.46. The fourth-order valence-electron chi connectivity index (χ4n) is 0. The maximum Gasteiger partial charge on any atom is 2.00 e. The van der Waals surface area contributed by atoms with Gasteiger partial charge >= 0.3 is 42.1 Å². The van der Waals surface area contributed by atoms with Gasteiger partial charge in [0.15, 0.2) is 0 Å². The van der Waals surface area contributed by atoms with Crippen molar-refractivity contribution in [3.63, 3.8) is 0 Å². The van der Waals surface area contributed by atoms with Crippen molar-refractivity contribution < 1.29 is 68.8 Å². The molecule has 68 valence electrons. The predicted octanol–water partition coefficient (Wildman–Crippen LogP) is -2.01. The van der Waals surface area contributed by atoms with Crippen LogP contribution in [-0.4, -0.2) is 26.6 Å². The second kappa shape index (κ2) is 16.9. The van der Waals surface area contributed by atoms with Gasteiger partial charge in [-0.15, -0.1) is 22.7 Å². The van der Waals surface area contributed by atoms with Gasteiger partial charge in [0, 0.05) is 0 Å². The molecule has 0 aromatic carbocycles. The van der Waals surface area contributed by atoms with E-state index < -0.39 is 22.7 Å². The first-order valence-electron chi connectivity index (χ1n) is 1.00. The van der Waals surface area contributed by atoms with Crippen LogP contribution >= 0.6 is 0 Å². The summed E-state index contributed by atoms with van der Waals surface area (Å²) < 4.78 is 50.7. The Kier molecular flexibility index (Phi) is 38.0. The molecule has 0 rings (SSSR count). The zero-order valence-corrected chi connectivity index (χ0v) is 10.1. The van der Waals surface area contributed by atoms with E-state index in [9.17, 15) is 0 Å². The molecule has 10 heteroatoms. The van der Waals surface area contributed by atoms with Crippen molar-refractivity contribution >= 4 is 22.7 Å². The summed E-state index contributed by atoms with van der Waals surface area (Å²) in [5.41, 5.74) is 0. The SMILES string of the molecule is O=S([O-])[O-].O=S([O-])[O-].[Pt+2].[Pt+2]. The predicted molar refractivity (Wildman–Crippen MR) is 19.4 cm³/mol. The molecule has 0 saturated carbocycles. The van der Waals surface area contributed by atoms with E-state index in [1.54, 1.807) is 0 Å². The van der Waals surface area contributed by atoms with Gasteiger partial charge in [0.2, 0.25) is 0 Å². The first-order valence-corrected chi connectivity index (χ1v) is 3.00. The Bertz CT molecular complexity index is 71.7. The molecule has 0 bridgehead atoms. The van der Waals surface area contributed by atoms with Crippen LogP contribution in [0.4, 0.5) is 0 Å². The van der Waals surface area contributed by atoms with E-state index in [4.69, 9.17) is 26.6 Å². The monoisotopic (exact) mass is 550 g/mol. The van der Waals surface area contributed by atoms with E-state index in [1.807, 2.05) is 0 Å². The standard InChI is InChI=1S/2H2O3S.2Pt/c2*1-4(2)3;;/h2*(H2,1,2,3);;/q;;2*+2/p-4. The van der Waals surface area contributed by atoms with E-state index in [0.717, 1.165) is 0 Å². The van der Waals surface area contributed by atoms with Gasteiger partial charge in [-0.2, -0.15) is 0 Å². The second-order valence-electron chi connectivity index (χ2n) is 0.408. The molecular formula is O6Pt2S2. The maximum absolute atomic E-state index is 8.44. The van der Waals surface area contributed by atoms with Crippen molar-refractivity contribution in [3.05, 3.63) is 0 Å². The largest absolute Gasteiger partial charge is 2.00 e. The molecule has 0 amide bonds. The van der Waals surface area contributed by atoms with Crippen molar-refractivity contribution in [2.45, 2.75) is 0 Å². The van der Waals surface area contributed by atoms with Crippen LogP contribution in [0.15, 0.2) is 0 Å². The molecule has 0 spiro atoms. The van der Waals surface area contributed by atoms with Crippen molar-refractivity contribution in [1.29, 1.82) is 0 Å². The summed E-state index contributed by atoms with van der Waals surface area (Å²) in [7, 11) is 0. The molecule has 0 aromatic rings. The Morgan fingerprint density at radius 1 is 0.700 bits per heavy atom. The summed E-state index contributed by atoms with van der Waals surface area (Å²) in [6.07, 6.45) is 0. The molecule has 0 saturated heterocycles. The van der Waals surface area contributed by atoms with Gasteiger partial charge in [-0.1, -0.05) is 0 Å². The molecule has 0 heterocycles. The van der Waals surface area contributed by atoms with Crippen LogP contribution in [0.25, 0.3) is 0 Å². The van der Waals surface area contributed by atoms with E-state index in [0.29, 0.717) is 0 Å². The molecule has 0 unspecified atom stereocenters. The molecular weight excluding hydrogens is 550 g/mol. The van der Waals surface area contributed by atoms with E-state index in [-0.39, 0.29) is 42.1 Å². The third-order valence-corrected chi connectivity index (χ3v) is 0. The fourth-order valence-corrected chi connectivity index (χ4v) is 0. The molecule has 0 aliphatic rings. The summed E-state index contributed by atoms with van der Waals surface area (Å²) in [6, 6.07) is 0. The van der Waals surface area contributed by atoms with E-state index >= 15 is 0 Å². The zero-order chi connectivity index (χ0) is 7.15. The quantitative estimate of drug-likeness (QED) is 0.321. The fraction of sp³-hybridized carbons (Fsp3) is 0. The van der Waals surface area contributed by atoms with Crippen molar-refractivity contribution in [3.8, 4) is 0 Å². The molecule has 0 aliphatic carbocycles. The Hall–Kier alpha value is 1.52. The average Bonchev–Trinajstić information content (AvgIpc) is 1.25. The third kappa shape index (κ3) is 300. The molecule has 0 atom stereocenters. The van der Waals surface area contributed by atoms with Crippen LogP contribution in [0.5, 0.6) is 0 Å². The number of hydrogen-bond acceptors (Lipinski definition) is 6. The summed E-state index contributed by atoms with van der Waals surface area (Å²) in [6.45, 7) is 0. The van der Waals surface area contributed by atoms with Crippen molar-refractivity contribution in [2.24, 2.45) is 0 Å². The van der Waals surface area contributed by atoms with Gasteiger partial charge in [-0.25, -0.2) is 0 Å². The van der Waals surface area contributed by atoms with Gasteiger partial charge in [0.05, 0.1) is 0 Å². The van der Waals surface area contributed by atoms with Crippen LogP contribution in [0.1, 0.15) is 0 Å². The minimum Gasteiger partial charge on any atom is -0.784 e. The van der Waals surface area contributed by atoms with Crippen molar-refractivity contribution in [1.82, 2.24) is 0 Å². The van der Waals surface area contributed by atoms with Gasteiger partial charge in [-0.3, -0.25) is 8.42 Å². The summed E-state index contributed by atoms with van der Waals surface area (Å²) in [4.78, 5) is 0. The third-order valence-electron chi connectivity index (χ3n) is 0. The zero-order valence-electron chi connectivity index (χ0n) is 3.90. The van der Waals surface area contributed by atoms with Gasteiger partial charge < -0.3 is 18.2 Å². The normalized spacial score (nSPS) is 7.00. The Labute approximate surface area is 90.9 Å². The molecule has 0 fully saturated rings. The minimum absolute atomic E-state index is 0. The molecule has 0 N–H and O–H groups in total. The van der Waals surface area contributed by atoms with Crippen LogP contribution in [0.3, 0.4) is 0 Å². The second-order valence-corrected chi connectivity index (χ2v) is 1.22. The van der Waals surface area contributed by atoms with Gasteiger partial charge in [-0.05, 0) is 0 Å². The first kappa shape index (κ1) is 22.5. The van der Waals surface area contributed by atoms with Gasteiger partial charge in [0.25, 0.3) is 0 Å². The molecule has 6 nitrogen and oxygen atoms in total. The van der Waals surface area contributed by atoms with E-state index in [2.05, 4.69) is 0 Å². The summed E-state index contributed by atoms with van der Waals surface area (Å²) in [5, 5.41) is 0. The smallest absolute Gasteiger partial charge is 0.784 e. The van der Waals surface area contributed by atoms with E-state index in [1.165, 1.54) is 0 Å². The number of rotatable bonds is 0. The summed E-state index contributed by atoms with van der Waals surface area (Å²) >= 11 is -6.22. The number of hydrogen-bond donors (Lipinski definition) is 0. The maximum atomic E-state index is 8.44. The molecule has 0 aliphatic heterocycles. The molecule has 10 heavy (non-hydrogen) atoms. The molecule has 0 radical (unpaired) electrons. The van der Waals surface area contributed by atoms with Crippen LogP contribution in [0, 0.1) is 0 Å².